The lowest BCUT2D eigenvalue weighted by atomic mass is 10.1. The smallest absolute Gasteiger partial charge is 0.118 e. The second-order valence-electron chi connectivity index (χ2n) is 4.66. The van der Waals surface area contributed by atoms with Crippen LogP contribution in [0.25, 0.3) is 20.5 Å². The lowest BCUT2D eigenvalue weighted by Crippen LogP contribution is -1.96. The van der Waals surface area contributed by atoms with E-state index in [-0.39, 0.29) is 0 Å². The van der Waals surface area contributed by atoms with Gasteiger partial charge in [-0.2, -0.15) is 0 Å². The Hall–Kier alpha value is -1.81. The molecular weight excluding hydrogens is 281 g/mol. The Balaban J connectivity index is 2.32. The maximum absolute atomic E-state index is 13.4. The SMILES string of the molecule is Cc1ccc(-c2cc3ccccc3[s+]2C(F)(F)F)cc1. The predicted octanol–water partition coefficient (Wildman–Crippen LogP) is 6.04. The monoisotopic (exact) mass is 293 g/mol. The summed E-state index contributed by atoms with van der Waals surface area (Å²) in [7, 11) is -1.85. The number of benzene rings is 2. The van der Waals surface area contributed by atoms with Crippen LogP contribution >= 0.6 is 10.5 Å². The minimum Gasteiger partial charge on any atom is -0.118 e. The van der Waals surface area contributed by atoms with E-state index in [4.69, 9.17) is 0 Å². The molecule has 0 aliphatic carbocycles. The molecule has 0 fully saturated rings. The van der Waals surface area contributed by atoms with E-state index in [1.165, 1.54) is 0 Å². The lowest BCUT2D eigenvalue weighted by Gasteiger charge is -2.01. The first kappa shape index (κ1) is 13.2. The maximum Gasteiger partial charge on any atom is 0.601 e. The number of rotatable bonds is 1. The van der Waals surface area contributed by atoms with Crippen LogP contribution in [0.4, 0.5) is 13.2 Å². The Kier molecular flexibility index (Phi) is 3.05. The average molecular weight is 293 g/mol. The molecule has 1 aromatic heterocycles. The second kappa shape index (κ2) is 4.63. The van der Waals surface area contributed by atoms with Crippen molar-refractivity contribution in [1.82, 2.24) is 0 Å². The normalized spacial score (nSPS) is 12.9. The zero-order chi connectivity index (χ0) is 14.3. The molecule has 0 radical (unpaired) electrons. The Morgan fingerprint density at radius 1 is 0.900 bits per heavy atom. The molecule has 0 aliphatic rings. The molecule has 0 saturated carbocycles. The number of thiophene rings is 1. The fraction of sp³-hybridized carbons (Fsp3) is 0.125. The van der Waals surface area contributed by atoms with Gasteiger partial charge < -0.3 is 0 Å². The van der Waals surface area contributed by atoms with E-state index >= 15 is 0 Å². The van der Waals surface area contributed by atoms with Crippen LogP contribution in [0.1, 0.15) is 5.56 Å². The van der Waals surface area contributed by atoms with Crippen LogP contribution in [0.5, 0.6) is 0 Å². The molecule has 3 aromatic rings. The van der Waals surface area contributed by atoms with Crippen LogP contribution in [0, 0.1) is 6.92 Å². The quantitative estimate of drug-likeness (QED) is 0.480. The molecule has 4 heteroatoms. The Morgan fingerprint density at radius 3 is 2.20 bits per heavy atom. The summed E-state index contributed by atoms with van der Waals surface area (Å²) in [5.41, 5.74) is -2.56. The maximum atomic E-state index is 13.4. The van der Waals surface area contributed by atoms with Gasteiger partial charge in [0.1, 0.15) is 10.5 Å². The Labute approximate surface area is 117 Å². The van der Waals surface area contributed by atoms with Crippen molar-refractivity contribution in [2.24, 2.45) is 0 Å². The van der Waals surface area contributed by atoms with E-state index in [9.17, 15) is 13.2 Å². The highest BCUT2D eigenvalue weighted by Crippen LogP contribution is 2.54. The summed E-state index contributed by atoms with van der Waals surface area (Å²) in [6.45, 7) is 1.92. The van der Waals surface area contributed by atoms with E-state index < -0.39 is 16.0 Å². The standard InChI is InChI=1S/C16H12F3S/c1-11-6-8-12(9-7-11)15-10-13-4-2-3-5-14(13)20(15)16(17,18)19/h2-10H,1H3/q+1. The van der Waals surface area contributed by atoms with E-state index in [0.29, 0.717) is 20.5 Å². The van der Waals surface area contributed by atoms with Gasteiger partial charge in [-0.15, -0.1) is 13.2 Å². The van der Waals surface area contributed by atoms with Crippen molar-refractivity contribution in [3.8, 4) is 10.4 Å². The molecular formula is C16H12F3S+. The molecule has 0 bridgehead atoms. The molecule has 0 spiro atoms. The molecule has 1 unspecified atom stereocenters. The number of hydrogen-bond donors (Lipinski definition) is 0. The third-order valence-corrected chi connectivity index (χ3v) is 5.28. The number of fused-ring (bicyclic) bond motifs is 1. The molecule has 1 heterocycles. The molecule has 0 N–H and O–H groups in total. The molecule has 3 rings (SSSR count). The van der Waals surface area contributed by atoms with Crippen LogP contribution in [0.2, 0.25) is 0 Å². The van der Waals surface area contributed by atoms with Gasteiger partial charge in [-0.25, -0.2) is 0 Å². The Morgan fingerprint density at radius 2 is 1.55 bits per heavy atom. The minimum absolute atomic E-state index is 0.360. The molecule has 20 heavy (non-hydrogen) atoms. The average Bonchev–Trinajstić information content (AvgIpc) is 2.78. The summed E-state index contributed by atoms with van der Waals surface area (Å²) in [4.78, 5) is 0.360. The molecule has 0 saturated heterocycles. The highest BCUT2D eigenvalue weighted by molar-refractivity contribution is 7.41. The summed E-state index contributed by atoms with van der Waals surface area (Å²) in [5, 5.41) is 0.670. The van der Waals surface area contributed by atoms with Gasteiger partial charge in [0.15, 0.2) is 9.58 Å². The molecule has 0 nitrogen and oxygen atoms in total. The highest BCUT2D eigenvalue weighted by atomic mass is 32.2. The van der Waals surface area contributed by atoms with Crippen LogP contribution < -0.4 is 0 Å². The van der Waals surface area contributed by atoms with Gasteiger partial charge in [0.05, 0.1) is 0 Å². The van der Waals surface area contributed by atoms with E-state index in [2.05, 4.69) is 0 Å². The first-order chi connectivity index (χ1) is 9.47. The number of halogens is 3. The van der Waals surface area contributed by atoms with Crippen molar-refractivity contribution in [2.75, 3.05) is 0 Å². The van der Waals surface area contributed by atoms with Crippen molar-refractivity contribution in [3.63, 3.8) is 0 Å². The van der Waals surface area contributed by atoms with E-state index in [1.807, 2.05) is 19.1 Å². The third kappa shape index (κ3) is 2.20. The van der Waals surface area contributed by atoms with Gasteiger partial charge in [0.25, 0.3) is 0 Å². The Bertz CT molecular complexity index is 751. The summed E-state index contributed by atoms with van der Waals surface area (Å²) < 4.78 is 40.6. The number of alkyl halides is 3. The van der Waals surface area contributed by atoms with Gasteiger partial charge in [-0.1, -0.05) is 29.8 Å². The summed E-state index contributed by atoms with van der Waals surface area (Å²) in [5.74, 6) is 0. The van der Waals surface area contributed by atoms with Crippen molar-refractivity contribution in [2.45, 2.75) is 12.4 Å². The number of hydrogen-bond acceptors (Lipinski definition) is 0. The van der Waals surface area contributed by atoms with Gasteiger partial charge in [0, 0.05) is 17.0 Å². The van der Waals surface area contributed by atoms with Crippen LogP contribution in [-0.4, -0.2) is 0 Å². The van der Waals surface area contributed by atoms with Crippen molar-refractivity contribution in [3.05, 3.63) is 60.2 Å². The highest BCUT2D eigenvalue weighted by Gasteiger charge is 2.48. The second-order valence-corrected chi connectivity index (χ2v) is 6.62. The van der Waals surface area contributed by atoms with E-state index in [1.54, 1.807) is 42.5 Å². The van der Waals surface area contributed by atoms with Gasteiger partial charge in [-0.3, -0.25) is 0 Å². The molecule has 102 valence electrons. The van der Waals surface area contributed by atoms with E-state index in [0.717, 1.165) is 5.56 Å². The minimum atomic E-state index is -4.25. The molecule has 0 amide bonds. The zero-order valence-electron chi connectivity index (χ0n) is 10.7. The van der Waals surface area contributed by atoms with Gasteiger partial charge in [0.2, 0.25) is 0 Å². The first-order valence-corrected chi connectivity index (χ1v) is 7.38. The molecule has 0 aliphatic heterocycles. The fourth-order valence-corrected chi connectivity index (χ4v) is 4.20. The van der Waals surface area contributed by atoms with Crippen molar-refractivity contribution in [1.29, 1.82) is 0 Å². The zero-order valence-corrected chi connectivity index (χ0v) is 11.6. The summed E-state index contributed by atoms with van der Waals surface area (Å²) in [6.07, 6.45) is 0. The molecule has 2 aromatic carbocycles. The topological polar surface area (TPSA) is 0 Å². The van der Waals surface area contributed by atoms with Gasteiger partial charge >= 0.3 is 5.51 Å². The van der Waals surface area contributed by atoms with Crippen molar-refractivity contribution < 1.29 is 13.2 Å². The first-order valence-electron chi connectivity index (χ1n) is 6.16. The number of aryl methyl sites for hydroxylation is 1. The van der Waals surface area contributed by atoms with Crippen LogP contribution in [0.3, 0.4) is 0 Å². The van der Waals surface area contributed by atoms with Crippen molar-refractivity contribution >= 4 is 20.6 Å². The third-order valence-electron chi connectivity index (χ3n) is 3.21. The summed E-state index contributed by atoms with van der Waals surface area (Å²) >= 11 is 0. The fourth-order valence-electron chi connectivity index (χ4n) is 2.27. The molecule has 1 atom stereocenters. The summed E-state index contributed by atoms with van der Waals surface area (Å²) in [6, 6.07) is 15.6. The lowest BCUT2D eigenvalue weighted by molar-refractivity contribution is -0.0864. The van der Waals surface area contributed by atoms with Gasteiger partial charge in [-0.05, 0) is 31.2 Å². The van der Waals surface area contributed by atoms with Crippen LogP contribution in [-0.2, 0) is 5.51 Å². The largest absolute Gasteiger partial charge is 0.601 e. The van der Waals surface area contributed by atoms with Crippen LogP contribution in [0.15, 0.2) is 54.6 Å². The predicted molar refractivity (Wildman–Crippen MR) is 77.9 cm³/mol.